The Hall–Kier alpha value is -0.210. The third-order valence-electron chi connectivity index (χ3n) is 3.87. The van der Waals surface area contributed by atoms with Crippen LogP contribution in [-0.2, 0) is 14.8 Å². The van der Waals surface area contributed by atoms with E-state index >= 15 is 0 Å². The van der Waals surface area contributed by atoms with Gasteiger partial charge in [0.25, 0.3) is 0 Å². The van der Waals surface area contributed by atoms with Crippen molar-refractivity contribution >= 4 is 10.0 Å². The van der Waals surface area contributed by atoms with E-state index in [2.05, 4.69) is 5.32 Å². The van der Waals surface area contributed by atoms with E-state index in [0.717, 1.165) is 25.8 Å². The van der Waals surface area contributed by atoms with E-state index in [1.165, 1.54) is 4.31 Å². The van der Waals surface area contributed by atoms with Gasteiger partial charge in [0.15, 0.2) is 0 Å². The quantitative estimate of drug-likeness (QED) is 0.760. The third-order valence-corrected chi connectivity index (χ3v) is 5.76. The van der Waals surface area contributed by atoms with Crippen molar-refractivity contribution in [1.82, 2.24) is 9.62 Å². The van der Waals surface area contributed by atoms with Crippen molar-refractivity contribution in [2.24, 2.45) is 0 Å². The van der Waals surface area contributed by atoms with E-state index in [4.69, 9.17) is 4.74 Å². The van der Waals surface area contributed by atoms with Crippen LogP contribution in [0.15, 0.2) is 0 Å². The number of morpholine rings is 1. The molecule has 2 heterocycles. The summed E-state index contributed by atoms with van der Waals surface area (Å²) < 4.78 is 32.3. The van der Waals surface area contributed by atoms with Crippen molar-refractivity contribution in [3.63, 3.8) is 0 Å². The number of piperidine rings is 1. The molecular weight excluding hydrogens is 280 g/mol. The minimum atomic E-state index is -3.32. The van der Waals surface area contributed by atoms with Gasteiger partial charge >= 0.3 is 0 Å². The van der Waals surface area contributed by atoms with Crippen molar-refractivity contribution in [1.29, 1.82) is 0 Å². The number of hydrogen-bond acceptors (Lipinski definition) is 5. The molecule has 2 fully saturated rings. The number of aliphatic hydroxyl groups excluding tert-OH is 1. The lowest BCUT2D eigenvalue weighted by molar-refractivity contribution is -0.131. The first-order valence-corrected chi connectivity index (χ1v) is 8.93. The van der Waals surface area contributed by atoms with Crippen LogP contribution in [0.5, 0.6) is 0 Å². The summed E-state index contributed by atoms with van der Waals surface area (Å²) in [4.78, 5) is 0. The average molecular weight is 306 g/mol. The zero-order chi connectivity index (χ0) is 14.8. The molecule has 0 saturated carbocycles. The van der Waals surface area contributed by atoms with Crippen LogP contribution in [0.25, 0.3) is 0 Å². The van der Waals surface area contributed by atoms with Gasteiger partial charge in [-0.05, 0) is 33.2 Å². The molecule has 2 aliphatic heterocycles. The zero-order valence-corrected chi connectivity index (χ0v) is 13.2. The normalized spacial score (nSPS) is 32.1. The van der Waals surface area contributed by atoms with E-state index in [1.807, 2.05) is 13.8 Å². The van der Waals surface area contributed by atoms with Gasteiger partial charge in [0.1, 0.15) is 0 Å². The molecule has 0 radical (unpaired) electrons. The second-order valence-corrected chi connectivity index (χ2v) is 8.41. The number of sulfonamides is 1. The molecule has 0 aromatic heterocycles. The largest absolute Gasteiger partial charge is 0.394 e. The summed E-state index contributed by atoms with van der Waals surface area (Å²) in [5, 5.41) is 12.5. The fourth-order valence-electron chi connectivity index (χ4n) is 2.97. The lowest BCUT2D eigenvalue weighted by atomic mass is 10.1. The molecule has 7 heteroatoms. The Labute approximate surface area is 121 Å². The predicted octanol–water partition coefficient (Wildman–Crippen LogP) is -0.0700. The SMILES string of the molecule is CC1(C)CN(S(=O)(=O)CC2CCCCN2)CC(CO)O1. The van der Waals surface area contributed by atoms with Gasteiger partial charge in [-0.15, -0.1) is 0 Å². The van der Waals surface area contributed by atoms with Crippen LogP contribution < -0.4 is 5.32 Å². The molecule has 0 bridgehead atoms. The van der Waals surface area contributed by atoms with Gasteiger partial charge in [0, 0.05) is 19.1 Å². The molecule has 0 spiro atoms. The number of hydrogen-bond donors (Lipinski definition) is 2. The molecule has 2 aliphatic rings. The lowest BCUT2D eigenvalue weighted by Gasteiger charge is -2.42. The Bertz CT molecular complexity index is 418. The van der Waals surface area contributed by atoms with Crippen LogP contribution in [0.2, 0.25) is 0 Å². The highest BCUT2D eigenvalue weighted by atomic mass is 32.2. The van der Waals surface area contributed by atoms with Crippen LogP contribution in [-0.4, -0.2) is 67.6 Å². The highest BCUT2D eigenvalue weighted by Gasteiger charge is 2.39. The molecule has 20 heavy (non-hydrogen) atoms. The highest BCUT2D eigenvalue weighted by molar-refractivity contribution is 7.89. The average Bonchev–Trinajstić information content (AvgIpc) is 2.37. The number of nitrogens with one attached hydrogen (secondary N) is 1. The molecule has 0 amide bonds. The van der Waals surface area contributed by atoms with Crippen molar-refractivity contribution < 1.29 is 18.3 Å². The zero-order valence-electron chi connectivity index (χ0n) is 12.3. The number of nitrogens with zero attached hydrogens (tertiary/aromatic N) is 1. The predicted molar refractivity (Wildman–Crippen MR) is 77.0 cm³/mol. The molecule has 2 atom stereocenters. The van der Waals surface area contributed by atoms with Gasteiger partial charge < -0.3 is 15.2 Å². The van der Waals surface area contributed by atoms with Crippen LogP contribution in [0.4, 0.5) is 0 Å². The minimum Gasteiger partial charge on any atom is -0.394 e. The Morgan fingerprint density at radius 2 is 2.15 bits per heavy atom. The monoisotopic (exact) mass is 306 g/mol. The maximum atomic E-state index is 12.6. The molecule has 2 saturated heterocycles. The molecule has 2 rings (SSSR count). The van der Waals surface area contributed by atoms with Gasteiger partial charge in [-0.1, -0.05) is 6.42 Å². The van der Waals surface area contributed by atoms with E-state index in [0.29, 0.717) is 6.54 Å². The molecule has 6 nitrogen and oxygen atoms in total. The van der Waals surface area contributed by atoms with E-state index in [9.17, 15) is 13.5 Å². The first-order valence-electron chi connectivity index (χ1n) is 7.32. The lowest BCUT2D eigenvalue weighted by Crippen LogP contribution is -2.57. The summed E-state index contributed by atoms with van der Waals surface area (Å²) in [6.45, 7) is 5.05. The van der Waals surface area contributed by atoms with Crippen LogP contribution in [0.1, 0.15) is 33.1 Å². The summed E-state index contributed by atoms with van der Waals surface area (Å²) in [6, 6.07) is 0.0484. The molecule has 2 unspecified atom stereocenters. The van der Waals surface area contributed by atoms with Crippen molar-refractivity contribution in [3.05, 3.63) is 0 Å². The number of ether oxygens (including phenoxy) is 1. The standard InChI is InChI=1S/C13H26N2O4S/c1-13(2)10-15(7-12(8-16)19-13)20(17,18)9-11-5-3-4-6-14-11/h11-12,14,16H,3-10H2,1-2H3. The van der Waals surface area contributed by atoms with Gasteiger partial charge in [0.2, 0.25) is 10.0 Å². The summed E-state index contributed by atoms with van der Waals surface area (Å²) in [7, 11) is -3.32. The van der Waals surface area contributed by atoms with Crippen molar-refractivity contribution in [3.8, 4) is 0 Å². The number of aliphatic hydroxyl groups is 1. The third kappa shape index (κ3) is 4.14. The molecule has 0 aromatic carbocycles. The molecule has 2 N–H and O–H groups in total. The van der Waals surface area contributed by atoms with Crippen molar-refractivity contribution in [2.75, 3.05) is 32.0 Å². The van der Waals surface area contributed by atoms with Gasteiger partial charge in [-0.2, -0.15) is 4.31 Å². The summed E-state index contributed by atoms with van der Waals surface area (Å²) >= 11 is 0. The molecular formula is C13H26N2O4S. The molecule has 0 aliphatic carbocycles. The Balaban J connectivity index is 2.03. The first kappa shape index (κ1) is 16.2. The maximum absolute atomic E-state index is 12.6. The Morgan fingerprint density at radius 1 is 1.40 bits per heavy atom. The van der Waals surface area contributed by atoms with Crippen LogP contribution in [0.3, 0.4) is 0 Å². The summed E-state index contributed by atoms with van der Waals surface area (Å²) in [6.07, 6.45) is 2.68. The Morgan fingerprint density at radius 3 is 2.75 bits per heavy atom. The van der Waals surface area contributed by atoms with Gasteiger partial charge in [0.05, 0.1) is 24.1 Å². The fourth-order valence-corrected chi connectivity index (χ4v) is 4.88. The van der Waals surface area contributed by atoms with Crippen molar-refractivity contribution in [2.45, 2.75) is 50.9 Å². The smallest absolute Gasteiger partial charge is 0.215 e. The van der Waals surface area contributed by atoms with Crippen LogP contribution >= 0.6 is 0 Å². The van der Waals surface area contributed by atoms with E-state index in [-0.39, 0.29) is 24.9 Å². The highest BCUT2D eigenvalue weighted by Crippen LogP contribution is 2.24. The fraction of sp³-hybridized carbons (Fsp3) is 1.00. The summed E-state index contributed by atoms with van der Waals surface area (Å²) in [5.41, 5.74) is -0.557. The van der Waals surface area contributed by atoms with E-state index < -0.39 is 21.7 Å². The van der Waals surface area contributed by atoms with Crippen LogP contribution in [0, 0.1) is 0 Å². The second-order valence-electron chi connectivity index (χ2n) is 6.40. The van der Waals surface area contributed by atoms with Gasteiger partial charge in [-0.3, -0.25) is 0 Å². The summed E-state index contributed by atoms with van der Waals surface area (Å²) in [5.74, 6) is 0.140. The topological polar surface area (TPSA) is 78.9 Å². The molecule has 0 aromatic rings. The minimum absolute atomic E-state index is 0.0484. The van der Waals surface area contributed by atoms with Gasteiger partial charge in [-0.25, -0.2) is 8.42 Å². The number of rotatable bonds is 4. The second kappa shape index (κ2) is 6.27. The molecule has 118 valence electrons. The first-order chi connectivity index (χ1) is 9.32. The maximum Gasteiger partial charge on any atom is 0.215 e. The van der Waals surface area contributed by atoms with E-state index in [1.54, 1.807) is 0 Å². The Kier molecular flexibility index (Phi) is 5.07.